The molecule has 2 aromatic heterocycles. The molecule has 2 heterocycles. The van der Waals surface area contributed by atoms with Gasteiger partial charge < -0.3 is 10.1 Å². The van der Waals surface area contributed by atoms with Crippen LogP contribution in [0.4, 0.5) is 0 Å². The zero-order chi connectivity index (χ0) is 19.3. The van der Waals surface area contributed by atoms with Crippen molar-refractivity contribution in [1.82, 2.24) is 20.3 Å². The molecule has 1 aliphatic carbocycles. The Bertz CT molecular complexity index is 923. The van der Waals surface area contributed by atoms with Crippen LogP contribution in [0.15, 0.2) is 61.3 Å². The maximum atomic E-state index is 11.9. The summed E-state index contributed by atoms with van der Waals surface area (Å²) in [6.45, 7) is 2.05. The van der Waals surface area contributed by atoms with E-state index >= 15 is 0 Å². The van der Waals surface area contributed by atoms with Crippen LogP contribution < -0.4 is 10.1 Å². The fourth-order valence-corrected chi connectivity index (χ4v) is 3.01. The minimum atomic E-state index is 0.138. The maximum absolute atomic E-state index is 11.9. The number of nitrogens with one attached hydrogen (secondary N) is 1. The highest BCUT2D eigenvalue weighted by molar-refractivity contribution is 5.81. The Kier molecular flexibility index (Phi) is 5.28. The van der Waals surface area contributed by atoms with Crippen LogP contribution in [0.1, 0.15) is 25.3 Å². The summed E-state index contributed by atoms with van der Waals surface area (Å²) in [5, 5.41) is 3.09. The number of aromatic nitrogens is 3. The zero-order valence-electron chi connectivity index (χ0n) is 15.7. The molecule has 1 unspecified atom stereocenters. The third-order valence-corrected chi connectivity index (χ3v) is 4.66. The summed E-state index contributed by atoms with van der Waals surface area (Å²) in [6.07, 6.45) is 9.31. The van der Waals surface area contributed by atoms with Gasteiger partial charge in [0.25, 0.3) is 0 Å². The number of ether oxygens (including phenoxy) is 1. The fourth-order valence-electron chi connectivity index (χ4n) is 3.01. The van der Waals surface area contributed by atoms with Gasteiger partial charge in [-0.05, 0) is 43.4 Å². The molecule has 1 saturated carbocycles. The Labute approximate surface area is 164 Å². The Morgan fingerprint density at radius 1 is 1.07 bits per heavy atom. The maximum Gasteiger partial charge on any atom is 0.223 e. The minimum absolute atomic E-state index is 0.138. The first-order valence-corrected chi connectivity index (χ1v) is 9.46. The minimum Gasteiger partial charge on any atom is -0.436 e. The third-order valence-electron chi connectivity index (χ3n) is 4.66. The highest BCUT2D eigenvalue weighted by Gasteiger charge is 2.30. The van der Waals surface area contributed by atoms with Crippen molar-refractivity contribution in [2.45, 2.75) is 32.2 Å². The van der Waals surface area contributed by atoms with Gasteiger partial charge in [-0.15, -0.1) is 0 Å². The van der Waals surface area contributed by atoms with Crippen molar-refractivity contribution in [2.75, 3.05) is 0 Å². The van der Waals surface area contributed by atoms with Crippen LogP contribution >= 0.6 is 0 Å². The van der Waals surface area contributed by atoms with Crippen molar-refractivity contribution in [3.63, 3.8) is 0 Å². The highest BCUT2D eigenvalue weighted by Crippen LogP contribution is 2.29. The van der Waals surface area contributed by atoms with E-state index in [2.05, 4.69) is 51.5 Å². The van der Waals surface area contributed by atoms with Gasteiger partial charge in [0.2, 0.25) is 11.8 Å². The number of hydrogen-bond donors (Lipinski definition) is 1. The van der Waals surface area contributed by atoms with Crippen LogP contribution in [-0.2, 0) is 11.2 Å². The Morgan fingerprint density at radius 3 is 2.43 bits per heavy atom. The van der Waals surface area contributed by atoms with E-state index in [1.807, 2.05) is 12.1 Å². The summed E-state index contributed by atoms with van der Waals surface area (Å²) in [6, 6.07) is 12.3. The first-order chi connectivity index (χ1) is 13.7. The predicted octanol–water partition coefficient (Wildman–Crippen LogP) is 3.79. The molecule has 142 valence electrons. The van der Waals surface area contributed by atoms with Gasteiger partial charge in [0.15, 0.2) is 5.75 Å². The van der Waals surface area contributed by atoms with Gasteiger partial charge in [0.05, 0.1) is 12.4 Å². The van der Waals surface area contributed by atoms with Gasteiger partial charge in [-0.2, -0.15) is 0 Å². The lowest BCUT2D eigenvalue weighted by Crippen LogP contribution is -2.35. The summed E-state index contributed by atoms with van der Waals surface area (Å²) in [4.78, 5) is 24.0. The van der Waals surface area contributed by atoms with Crippen LogP contribution in [-0.4, -0.2) is 26.9 Å². The first kappa shape index (κ1) is 18.1. The topological polar surface area (TPSA) is 77.0 Å². The lowest BCUT2D eigenvalue weighted by atomic mass is 10.0. The summed E-state index contributed by atoms with van der Waals surface area (Å²) >= 11 is 0. The molecule has 1 amide bonds. The zero-order valence-corrected chi connectivity index (χ0v) is 15.7. The van der Waals surface area contributed by atoms with Crippen molar-refractivity contribution in [3.8, 4) is 22.8 Å². The van der Waals surface area contributed by atoms with Crippen LogP contribution in [0.2, 0.25) is 0 Å². The lowest BCUT2D eigenvalue weighted by Gasteiger charge is -2.14. The van der Waals surface area contributed by atoms with E-state index < -0.39 is 0 Å². The SMILES string of the molecule is CC(Cc1ccc(-c2ccc(Oc3cncnc3)nc2)cc1)NC(=O)C1CC1. The first-order valence-electron chi connectivity index (χ1n) is 9.46. The van der Waals surface area contributed by atoms with Crippen LogP contribution in [0.5, 0.6) is 11.6 Å². The second-order valence-electron chi connectivity index (χ2n) is 7.15. The molecule has 28 heavy (non-hydrogen) atoms. The predicted molar refractivity (Wildman–Crippen MR) is 106 cm³/mol. The van der Waals surface area contributed by atoms with Crippen LogP contribution in [0, 0.1) is 5.92 Å². The molecule has 1 atom stereocenters. The van der Waals surface area contributed by atoms with E-state index in [-0.39, 0.29) is 17.9 Å². The molecule has 6 heteroatoms. The summed E-state index contributed by atoms with van der Waals surface area (Å²) in [7, 11) is 0. The summed E-state index contributed by atoms with van der Waals surface area (Å²) < 4.78 is 5.61. The van der Waals surface area contributed by atoms with Crippen LogP contribution in [0.3, 0.4) is 0 Å². The fraction of sp³-hybridized carbons (Fsp3) is 0.273. The molecule has 1 N–H and O–H groups in total. The molecule has 3 aromatic rings. The van der Waals surface area contributed by atoms with Gasteiger partial charge >= 0.3 is 0 Å². The standard InChI is InChI=1S/C22H22N4O2/c1-15(26-22(27)18-6-7-18)10-16-2-4-17(5-3-16)19-8-9-21(25-11-19)28-20-12-23-14-24-13-20/h2-5,8-9,11-15,18H,6-7,10H2,1H3,(H,26,27). The van der Waals surface area contributed by atoms with Crippen molar-refractivity contribution in [1.29, 1.82) is 0 Å². The number of amides is 1. The van der Waals surface area contributed by atoms with Crippen molar-refractivity contribution in [3.05, 3.63) is 66.9 Å². The number of benzene rings is 1. The van der Waals surface area contributed by atoms with Crippen LogP contribution in [0.25, 0.3) is 11.1 Å². The largest absolute Gasteiger partial charge is 0.436 e. The second kappa shape index (κ2) is 8.17. The second-order valence-corrected chi connectivity index (χ2v) is 7.15. The quantitative estimate of drug-likeness (QED) is 0.681. The Hall–Kier alpha value is -3.28. The molecule has 1 aromatic carbocycles. The van der Waals surface area contributed by atoms with Gasteiger partial charge in [-0.25, -0.2) is 15.0 Å². The molecule has 6 nitrogen and oxygen atoms in total. The van der Waals surface area contributed by atoms with Crippen molar-refractivity contribution in [2.24, 2.45) is 5.92 Å². The van der Waals surface area contributed by atoms with Gasteiger partial charge in [0.1, 0.15) is 6.33 Å². The van der Waals surface area contributed by atoms with E-state index in [0.29, 0.717) is 11.6 Å². The van der Waals surface area contributed by atoms with Gasteiger partial charge in [-0.3, -0.25) is 4.79 Å². The number of carbonyl (C=O) groups is 1. The molecular weight excluding hydrogens is 352 g/mol. The molecule has 0 spiro atoms. The van der Waals surface area contributed by atoms with Crippen molar-refractivity contribution >= 4 is 5.91 Å². The third kappa shape index (κ3) is 4.71. The molecule has 0 radical (unpaired) electrons. The number of carbonyl (C=O) groups excluding carboxylic acids is 1. The van der Waals surface area contributed by atoms with E-state index in [0.717, 1.165) is 30.4 Å². The Balaban J connectivity index is 1.36. The molecule has 0 aliphatic heterocycles. The lowest BCUT2D eigenvalue weighted by molar-refractivity contribution is -0.122. The number of pyridine rings is 1. The number of rotatable bonds is 7. The Morgan fingerprint density at radius 2 is 1.79 bits per heavy atom. The van der Waals surface area contributed by atoms with E-state index in [1.54, 1.807) is 18.6 Å². The summed E-state index contributed by atoms with van der Waals surface area (Å²) in [5.41, 5.74) is 3.29. The monoisotopic (exact) mass is 374 g/mol. The average Bonchev–Trinajstić information content (AvgIpc) is 3.55. The van der Waals surface area contributed by atoms with E-state index in [9.17, 15) is 4.79 Å². The molecule has 1 aliphatic rings. The molecule has 0 bridgehead atoms. The van der Waals surface area contributed by atoms with Gasteiger partial charge in [-0.1, -0.05) is 24.3 Å². The van der Waals surface area contributed by atoms with Gasteiger partial charge in [0, 0.05) is 29.8 Å². The number of nitrogens with zero attached hydrogens (tertiary/aromatic N) is 3. The normalized spacial score (nSPS) is 14.3. The highest BCUT2D eigenvalue weighted by atomic mass is 16.5. The smallest absolute Gasteiger partial charge is 0.223 e. The molecule has 1 fully saturated rings. The molecule has 0 saturated heterocycles. The summed E-state index contributed by atoms with van der Waals surface area (Å²) in [5.74, 6) is 1.49. The number of hydrogen-bond acceptors (Lipinski definition) is 5. The van der Waals surface area contributed by atoms with E-state index in [1.165, 1.54) is 11.9 Å². The van der Waals surface area contributed by atoms with Crippen molar-refractivity contribution < 1.29 is 9.53 Å². The molecule has 4 rings (SSSR count). The van der Waals surface area contributed by atoms with E-state index in [4.69, 9.17) is 4.74 Å². The average molecular weight is 374 g/mol. The molecular formula is C22H22N4O2.